The van der Waals surface area contributed by atoms with Gasteiger partial charge in [-0.05, 0) is 12.3 Å². The number of aromatic nitrogens is 2. The lowest BCUT2D eigenvalue weighted by Gasteiger charge is -2.11. The molecule has 4 nitrogen and oxygen atoms in total. The zero-order valence-corrected chi connectivity index (χ0v) is 10.4. The molecular weight excluding hydrogens is 202 g/mol. The van der Waals surface area contributed by atoms with E-state index in [0.717, 1.165) is 25.2 Å². The molecule has 1 atom stereocenters. The lowest BCUT2D eigenvalue weighted by Crippen LogP contribution is -2.11. The van der Waals surface area contributed by atoms with Crippen LogP contribution in [0.15, 0.2) is 12.4 Å². The van der Waals surface area contributed by atoms with Crippen molar-refractivity contribution in [3.8, 4) is 5.88 Å². The minimum Gasteiger partial charge on any atom is -0.478 e. The van der Waals surface area contributed by atoms with E-state index in [2.05, 4.69) is 36.1 Å². The van der Waals surface area contributed by atoms with Crippen LogP contribution in [-0.2, 0) is 0 Å². The third-order valence-electron chi connectivity index (χ3n) is 2.42. The fourth-order valence-corrected chi connectivity index (χ4v) is 1.14. The standard InChI is InChI=1S/C12H21N3O/c1-4-6-16-12-7-11(14-9-15-12)13-8-10(3)5-2/h7,9-10H,4-6,8H2,1-3H3,(H,13,14,15). The van der Waals surface area contributed by atoms with Gasteiger partial charge in [-0.2, -0.15) is 0 Å². The maximum atomic E-state index is 5.44. The summed E-state index contributed by atoms with van der Waals surface area (Å²) >= 11 is 0. The second-order valence-electron chi connectivity index (χ2n) is 3.98. The van der Waals surface area contributed by atoms with Crippen molar-refractivity contribution in [3.05, 3.63) is 12.4 Å². The van der Waals surface area contributed by atoms with Gasteiger partial charge in [-0.3, -0.25) is 0 Å². The molecule has 1 rings (SSSR count). The highest BCUT2D eigenvalue weighted by Gasteiger charge is 2.01. The molecule has 1 unspecified atom stereocenters. The quantitative estimate of drug-likeness (QED) is 0.772. The molecule has 0 fully saturated rings. The summed E-state index contributed by atoms with van der Waals surface area (Å²) in [6, 6.07) is 1.85. The summed E-state index contributed by atoms with van der Waals surface area (Å²) in [5, 5.41) is 3.28. The fraction of sp³-hybridized carbons (Fsp3) is 0.667. The number of hydrogen-bond donors (Lipinski definition) is 1. The first kappa shape index (κ1) is 12.7. The number of anilines is 1. The highest BCUT2D eigenvalue weighted by atomic mass is 16.5. The Labute approximate surface area is 97.5 Å². The van der Waals surface area contributed by atoms with Crippen LogP contribution in [-0.4, -0.2) is 23.1 Å². The van der Waals surface area contributed by atoms with Crippen molar-refractivity contribution in [1.29, 1.82) is 0 Å². The molecule has 1 heterocycles. The highest BCUT2D eigenvalue weighted by molar-refractivity contribution is 5.36. The van der Waals surface area contributed by atoms with Crippen LogP contribution in [0.1, 0.15) is 33.6 Å². The van der Waals surface area contributed by atoms with E-state index in [-0.39, 0.29) is 0 Å². The van der Waals surface area contributed by atoms with E-state index in [9.17, 15) is 0 Å². The summed E-state index contributed by atoms with van der Waals surface area (Å²) in [6.45, 7) is 8.09. The van der Waals surface area contributed by atoms with Crippen molar-refractivity contribution < 1.29 is 4.74 Å². The van der Waals surface area contributed by atoms with Crippen molar-refractivity contribution in [3.63, 3.8) is 0 Å². The van der Waals surface area contributed by atoms with Gasteiger partial charge in [-0.1, -0.05) is 27.2 Å². The largest absolute Gasteiger partial charge is 0.478 e. The summed E-state index contributed by atoms with van der Waals surface area (Å²) in [7, 11) is 0. The molecule has 0 saturated carbocycles. The lowest BCUT2D eigenvalue weighted by molar-refractivity contribution is 0.305. The first-order valence-electron chi connectivity index (χ1n) is 5.95. The monoisotopic (exact) mass is 223 g/mol. The van der Waals surface area contributed by atoms with Crippen LogP contribution in [0.25, 0.3) is 0 Å². The van der Waals surface area contributed by atoms with Crippen LogP contribution >= 0.6 is 0 Å². The van der Waals surface area contributed by atoms with Gasteiger partial charge in [0.1, 0.15) is 12.1 Å². The Kier molecular flexibility index (Phi) is 5.61. The summed E-state index contributed by atoms with van der Waals surface area (Å²) in [5.74, 6) is 2.12. The van der Waals surface area contributed by atoms with Crippen LogP contribution in [0, 0.1) is 5.92 Å². The molecule has 1 N–H and O–H groups in total. The van der Waals surface area contributed by atoms with Crippen molar-refractivity contribution in [2.24, 2.45) is 5.92 Å². The predicted octanol–water partition coefficient (Wildman–Crippen LogP) is 2.72. The first-order chi connectivity index (χ1) is 7.76. The van der Waals surface area contributed by atoms with E-state index in [0.29, 0.717) is 18.4 Å². The van der Waals surface area contributed by atoms with Crippen LogP contribution in [0.5, 0.6) is 5.88 Å². The average Bonchev–Trinajstić information content (AvgIpc) is 2.34. The molecule has 90 valence electrons. The molecule has 0 aliphatic rings. The van der Waals surface area contributed by atoms with Gasteiger partial charge in [0.15, 0.2) is 0 Å². The average molecular weight is 223 g/mol. The fourth-order valence-electron chi connectivity index (χ4n) is 1.14. The highest BCUT2D eigenvalue weighted by Crippen LogP contribution is 2.12. The molecule has 1 aromatic heterocycles. The minimum atomic E-state index is 0.642. The van der Waals surface area contributed by atoms with E-state index >= 15 is 0 Å². The molecule has 4 heteroatoms. The van der Waals surface area contributed by atoms with Crippen LogP contribution in [0.4, 0.5) is 5.82 Å². The van der Waals surface area contributed by atoms with Crippen LogP contribution in [0.2, 0.25) is 0 Å². The molecule has 16 heavy (non-hydrogen) atoms. The van der Waals surface area contributed by atoms with Gasteiger partial charge in [0.05, 0.1) is 6.61 Å². The Morgan fingerprint density at radius 2 is 2.19 bits per heavy atom. The number of nitrogens with zero attached hydrogens (tertiary/aromatic N) is 2. The number of rotatable bonds is 7. The van der Waals surface area contributed by atoms with E-state index < -0.39 is 0 Å². The van der Waals surface area contributed by atoms with Gasteiger partial charge in [0, 0.05) is 12.6 Å². The topological polar surface area (TPSA) is 47.0 Å². The normalized spacial score (nSPS) is 12.2. The smallest absolute Gasteiger partial charge is 0.218 e. The van der Waals surface area contributed by atoms with Gasteiger partial charge in [0.25, 0.3) is 0 Å². The molecule has 0 spiro atoms. The van der Waals surface area contributed by atoms with Crippen LogP contribution in [0.3, 0.4) is 0 Å². The van der Waals surface area contributed by atoms with E-state index in [4.69, 9.17) is 4.74 Å². The molecule has 0 bridgehead atoms. The first-order valence-corrected chi connectivity index (χ1v) is 5.95. The van der Waals surface area contributed by atoms with Crippen molar-refractivity contribution >= 4 is 5.82 Å². The van der Waals surface area contributed by atoms with Crippen molar-refractivity contribution in [2.45, 2.75) is 33.6 Å². The maximum absolute atomic E-state index is 5.44. The molecular formula is C12H21N3O. The Balaban J connectivity index is 2.46. The lowest BCUT2D eigenvalue weighted by atomic mass is 10.1. The second kappa shape index (κ2) is 7.04. The molecule has 0 aliphatic heterocycles. The van der Waals surface area contributed by atoms with E-state index in [1.54, 1.807) is 0 Å². The van der Waals surface area contributed by atoms with E-state index in [1.807, 2.05) is 6.07 Å². The summed E-state index contributed by atoms with van der Waals surface area (Å²) in [6.07, 6.45) is 3.68. The van der Waals surface area contributed by atoms with Crippen molar-refractivity contribution in [2.75, 3.05) is 18.5 Å². The predicted molar refractivity (Wildman–Crippen MR) is 65.8 cm³/mol. The summed E-state index contributed by atoms with van der Waals surface area (Å²) < 4.78 is 5.44. The summed E-state index contributed by atoms with van der Waals surface area (Å²) in [5.41, 5.74) is 0. The molecule has 0 aromatic carbocycles. The van der Waals surface area contributed by atoms with Gasteiger partial charge in [0.2, 0.25) is 5.88 Å². The number of nitrogens with one attached hydrogen (secondary N) is 1. The minimum absolute atomic E-state index is 0.642. The van der Waals surface area contributed by atoms with Crippen molar-refractivity contribution in [1.82, 2.24) is 9.97 Å². The molecule has 0 saturated heterocycles. The van der Waals surface area contributed by atoms with Gasteiger partial charge >= 0.3 is 0 Å². The Morgan fingerprint density at radius 3 is 2.88 bits per heavy atom. The zero-order chi connectivity index (χ0) is 11.8. The molecule has 0 radical (unpaired) electrons. The Morgan fingerprint density at radius 1 is 1.38 bits per heavy atom. The van der Waals surface area contributed by atoms with Gasteiger partial charge < -0.3 is 10.1 Å². The van der Waals surface area contributed by atoms with Crippen LogP contribution < -0.4 is 10.1 Å². The third kappa shape index (κ3) is 4.47. The van der Waals surface area contributed by atoms with E-state index in [1.165, 1.54) is 6.33 Å². The molecule has 0 aliphatic carbocycles. The number of ether oxygens (including phenoxy) is 1. The van der Waals surface area contributed by atoms with Gasteiger partial charge in [-0.25, -0.2) is 9.97 Å². The Bertz CT molecular complexity index is 304. The maximum Gasteiger partial charge on any atom is 0.218 e. The van der Waals surface area contributed by atoms with Gasteiger partial charge in [-0.15, -0.1) is 0 Å². The summed E-state index contributed by atoms with van der Waals surface area (Å²) in [4.78, 5) is 8.20. The molecule has 0 amide bonds. The third-order valence-corrected chi connectivity index (χ3v) is 2.42. The SMILES string of the molecule is CCCOc1cc(NCC(C)CC)ncn1. The number of hydrogen-bond acceptors (Lipinski definition) is 4. The zero-order valence-electron chi connectivity index (χ0n) is 10.4. The molecule has 1 aromatic rings. The second-order valence-corrected chi connectivity index (χ2v) is 3.98. The Hall–Kier alpha value is -1.32.